The molecular weight excluding hydrogens is 523 g/mol. The number of allylic oxidation sites excluding steroid dienone is 1. The van der Waals surface area contributed by atoms with Crippen LogP contribution in [0.25, 0.3) is 5.57 Å². The van der Waals surface area contributed by atoms with Crippen LogP contribution in [0.3, 0.4) is 0 Å². The number of hydrogen-bond acceptors (Lipinski definition) is 6. The summed E-state index contributed by atoms with van der Waals surface area (Å²) in [5.41, 5.74) is 5.37. The number of hydrogen-bond donors (Lipinski definition) is 2. The van der Waals surface area contributed by atoms with Crippen molar-refractivity contribution in [3.63, 3.8) is 0 Å². The van der Waals surface area contributed by atoms with E-state index in [1.807, 2.05) is 45.0 Å². The lowest BCUT2D eigenvalue weighted by molar-refractivity contribution is -0.119. The van der Waals surface area contributed by atoms with Crippen LogP contribution >= 0.6 is 0 Å². The number of rotatable bonds is 7. The molecule has 9 nitrogen and oxygen atoms in total. The van der Waals surface area contributed by atoms with E-state index in [1.54, 1.807) is 16.9 Å². The molecule has 10 heteroatoms. The van der Waals surface area contributed by atoms with E-state index in [9.17, 15) is 14.0 Å². The number of aromatic nitrogens is 3. The largest absolute Gasteiger partial charge is 0.477 e. The summed E-state index contributed by atoms with van der Waals surface area (Å²) in [6.07, 6.45) is 4.25. The Bertz CT molecular complexity index is 1590. The molecule has 212 valence electrons. The van der Waals surface area contributed by atoms with Gasteiger partial charge in [-0.2, -0.15) is 5.10 Å². The number of carbonyl (C=O) groups excluding carboxylic acids is 2. The van der Waals surface area contributed by atoms with Gasteiger partial charge in [-0.1, -0.05) is 12.1 Å². The molecule has 1 aliphatic carbocycles. The van der Waals surface area contributed by atoms with Gasteiger partial charge in [0, 0.05) is 46.1 Å². The van der Waals surface area contributed by atoms with Gasteiger partial charge in [-0.3, -0.25) is 19.3 Å². The second-order valence-corrected chi connectivity index (χ2v) is 11.5. The Morgan fingerprint density at radius 3 is 2.56 bits per heavy atom. The van der Waals surface area contributed by atoms with Crippen LogP contribution in [0, 0.1) is 11.2 Å². The van der Waals surface area contributed by atoms with Crippen LogP contribution in [-0.2, 0) is 4.79 Å². The molecule has 41 heavy (non-hydrogen) atoms. The minimum Gasteiger partial charge on any atom is -0.477 e. The zero-order valence-corrected chi connectivity index (χ0v) is 23.6. The molecule has 1 saturated carbocycles. The number of fused-ring (bicyclic) bond motifs is 1. The zero-order valence-electron chi connectivity index (χ0n) is 23.6. The average Bonchev–Trinajstić information content (AvgIpc) is 3.36. The summed E-state index contributed by atoms with van der Waals surface area (Å²) >= 11 is 0. The molecule has 2 aliphatic heterocycles. The van der Waals surface area contributed by atoms with Crippen LogP contribution in [0.15, 0.2) is 59.4 Å². The molecule has 2 atom stereocenters. The molecule has 4 heterocycles. The third-order valence-electron chi connectivity index (χ3n) is 8.31. The van der Waals surface area contributed by atoms with Gasteiger partial charge in [0.05, 0.1) is 19.3 Å². The number of anilines is 1. The lowest BCUT2D eigenvalue weighted by Crippen LogP contribution is -2.52. The number of carbonyl (C=O) groups is 2. The molecule has 0 saturated heterocycles. The fraction of sp³-hybridized carbons (Fsp3) is 0.387. The number of pyridine rings is 1. The van der Waals surface area contributed by atoms with Crippen molar-refractivity contribution in [1.82, 2.24) is 20.1 Å². The van der Waals surface area contributed by atoms with E-state index in [2.05, 4.69) is 32.6 Å². The maximum atomic E-state index is 14.5. The first-order valence-electron chi connectivity index (χ1n) is 13.9. The number of halogens is 1. The minimum absolute atomic E-state index is 0.0549. The van der Waals surface area contributed by atoms with Gasteiger partial charge in [-0.05, 0) is 75.9 Å². The predicted molar refractivity (Wildman–Crippen MR) is 154 cm³/mol. The molecule has 2 amide bonds. The standard InChI is InChI=1S/C31H33FN6O3/c1-17(2)38-24(9-12-35-38)28(39)37-27(26-23-13-21(32)15-34-30(23)41-16-31(26)10-11-31)29(40)36-22-7-5-20(6-8-22)25-18(3)14-33-19(25)4/h5-9,12-13,15,17,26-27H,10-11,14,16H2,1-4H3,(H,36,40)(H,37,39)/t26?,27-/m0/s1. The average molecular weight is 557 g/mol. The van der Waals surface area contributed by atoms with Crippen LogP contribution in [0.4, 0.5) is 10.1 Å². The van der Waals surface area contributed by atoms with Crippen molar-refractivity contribution in [3.8, 4) is 5.88 Å². The minimum atomic E-state index is -1.01. The van der Waals surface area contributed by atoms with Crippen molar-refractivity contribution in [1.29, 1.82) is 0 Å². The van der Waals surface area contributed by atoms with Gasteiger partial charge in [-0.15, -0.1) is 0 Å². The van der Waals surface area contributed by atoms with Gasteiger partial charge in [0.25, 0.3) is 5.91 Å². The fourth-order valence-electron chi connectivity index (χ4n) is 6.09. The van der Waals surface area contributed by atoms with E-state index in [4.69, 9.17) is 4.74 Å². The maximum Gasteiger partial charge on any atom is 0.270 e. The molecule has 1 aromatic carbocycles. The summed E-state index contributed by atoms with van der Waals surface area (Å²) in [6.45, 7) is 8.96. The number of benzene rings is 1. The second-order valence-electron chi connectivity index (χ2n) is 11.5. The van der Waals surface area contributed by atoms with Crippen molar-refractivity contribution >= 4 is 28.8 Å². The third kappa shape index (κ3) is 4.92. The Morgan fingerprint density at radius 2 is 1.90 bits per heavy atom. The van der Waals surface area contributed by atoms with E-state index < -0.39 is 35.0 Å². The molecule has 0 radical (unpaired) electrons. The van der Waals surface area contributed by atoms with E-state index in [-0.39, 0.29) is 11.9 Å². The third-order valence-corrected chi connectivity index (χ3v) is 8.31. The number of nitrogens with zero attached hydrogens (tertiary/aromatic N) is 4. The van der Waals surface area contributed by atoms with E-state index in [1.165, 1.54) is 11.6 Å². The van der Waals surface area contributed by atoms with Gasteiger partial charge in [0.2, 0.25) is 11.8 Å². The van der Waals surface area contributed by atoms with E-state index in [0.29, 0.717) is 30.1 Å². The molecule has 6 rings (SSSR count). The van der Waals surface area contributed by atoms with Crippen molar-refractivity contribution in [2.75, 3.05) is 18.5 Å². The van der Waals surface area contributed by atoms with Gasteiger partial charge in [0.15, 0.2) is 0 Å². The summed E-state index contributed by atoms with van der Waals surface area (Å²) in [7, 11) is 0. The number of aliphatic imine (C=N–C) groups is 1. The molecule has 3 aromatic rings. The lowest BCUT2D eigenvalue weighted by atomic mass is 9.76. The molecule has 1 fully saturated rings. The van der Waals surface area contributed by atoms with E-state index in [0.717, 1.165) is 35.9 Å². The molecule has 1 spiro atoms. The number of nitrogens with one attached hydrogen (secondary N) is 2. The second kappa shape index (κ2) is 10.2. The molecule has 2 N–H and O–H groups in total. The zero-order chi connectivity index (χ0) is 28.9. The highest BCUT2D eigenvalue weighted by Gasteiger charge is 2.58. The smallest absolute Gasteiger partial charge is 0.270 e. The van der Waals surface area contributed by atoms with Gasteiger partial charge >= 0.3 is 0 Å². The molecule has 2 aromatic heterocycles. The molecule has 0 bridgehead atoms. The monoisotopic (exact) mass is 556 g/mol. The maximum absolute atomic E-state index is 14.5. The van der Waals surface area contributed by atoms with Gasteiger partial charge in [-0.25, -0.2) is 9.37 Å². The van der Waals surface area contributed by atoms with Crippen LogP contribution in [0.5, 0.6) is 5.88 Å². The SMILES string of the molecule is CC1=NCC(C)=C1c1ccc(NC(=O)[C@@H](NC(=O)c2ccnn2C(C)C)C2c3cc(F)cnc3OCC23CC3)cc1. The Morgan fingerprint density at radius 1 is 1.15 bits per heavy atom. The molecular formula is C31H33FN6O3. The number of ether oxygens (including phenoxy) is 1. The van der Waals surface area contributed by atoms with Crippen molar-refractivity contribution in [3.05, 3.63) is 77.0 Å². The highest BCUT2D eigenvalue weighted by atomic mass is 19.1. The first kappa shape index (κ1) is 26.9. The fourth-order valence-corrected chi connectivity index (χ4v) is 6.09. The van der Waals surface area contributed by atoms with Crippen molar-refractivity contribution < 1.29 is 18.7 Å². The summed E-state index contributed by atoms with van der Waals surface area (Å²) in [5, 5.41) is 10.3. The van der Waals surface area contributed by atoms with Gasteiger partial charge in [0.1, 0.15) is 17.6 Å². The Kier molecular flexibility index (Phi) is 6.71. The van der Waals surface area contributed by atoms with Crippen LogP contribution < -0.4 is 15.4 Å². The summed E-state index contributed by atoms with van der Waals surface area (Å²) in [5.74, 6) is -1.60. The van der Waals surface area contributed by atoms with Crippen molar-refractivity contribution in [2.45, 2.75) is 58.5 Å². The lowest BCUT2D eigenvalue weighted by Gasteiger charge is -2.38. The summed E-state index contributed by atoms with van der Waals surface area (Å²) < 4.78 is 22.0. The predicted octanol–water partition coefficient (Wildman–Crippen LogP) is 4.94. The highest BCUT2D eigenvalue weighted by molar-refractivity contribution is 6.25. The Labute approximate surface area is 237 Å². The molecule has 3 aliphatic rings. The van der Waals surface area contributed by atoms with Crippen molar-refractivity contribution in [2.24, 2.45) is 10.4 Å². The van der Waals surface area contributed by atoms with Crippen LogP contribution in [0.1, 0.15) is 74.1 Å². The topological polar surface area (TPSA) is 110 Å². The van der Waals surface area contributed by atoms with Gasteiger partial charge < -0.3 is 15.4 Å². The quantitative estimate of drug-likeness (QED) is 0.428. The Balaban J connectivity index is 1.34. The summed E-state index contributed by atoms with van der Waals surface area (Å²) in [4.78, 5) is 36.3. The van der Waals surface area contributed by atoms with Crippen LogP contribution in [-0.4, -0.2) is 51.5 Å². The Hall–Kier alpha value is -4.34. The van der Waals surface area contributed by atoms with E-state index >= 15 is 0 Å². The normalized spacial score (nSPS) is 19.5. The number of amides is 2. The molecule has 1 unspecified atom stereocenters. The summed E-state index contributed by atoms with van der Waals surface area (Å²) in [6, 6.07) is 9.53. The van der Waals surface area contributed by atoms with Crippen LogP contribution in [0.2, 0.25) is 0 Å². The first-order chi connectivity index (χ1) is 19.7. The first-order valence-corrected chi connectivity index (χ1v) is 13.9. The highest BCUT2D eigenvalue weighted by Crippen LogP contribution is 2.61.